The molecular weight excluding hydrogens is 359 g/mol. The van der Waals surface area contributed by atoms with Crippen LogP contribution in [0.1, 0.15) is 40.9 Å². The van der Waals surface area contributed by atoms with Gasteiger partial charge < -0.3 is 10.6 Å². The van der Waals surface area contributed by atoms with E-state index in [2.05, 4.69) is 15.6 Å². The van der Waals surface area contributed by atoms with E-state index in [0.29, 0.717) is 5.56 Å². The van der Waals surface area contributed by atoms with Gasteiger partial charge in [-0.05, 0) is 36.2 Å². The Kier molecular flexibility index (Phi) is 6.20. The molecule has 0 aliphatic heterocycles. The molecular formula is C19H20F3N3O2. The van der Waals surface area contributed by atoms with Gasteiger partial charge in [-0.2, -0.15) is 13.2 Å². The molecule has 1 heterocycles. The molecule has 2 rings (SSSR count). The van der Waals surface area contributed by atoms with E-state index in [9.17, 15) is 22.8 Å². The van der Waals surface area contributed by atoms with Crippen LogP contribution in [0.25, 0.3) is 0 Å². The summed E-state index contributed by atoms with van der Waals surface area (Å²) >= 11 is 0. The summed E-state index contributed by atoms with van der Waals surface area (Å²) < 4.78 is 38.9. The molecule has 0 spiro atoms. The van der Waals surface area contributed by atoms with Gasteiger partial charge in [0.2, 0.25) is 5.91 Å². The van der Waals surface area contributed by atoms with E-state index in [0.717, 1.165) is 6.07 Å². The number of benzene rings is 1. The van der Waals surface area contributed by atoms with Crippen LogP contribution < -0.4 is 10.6 Å². The summed E-state index contributed by atoms with van der Waals surface area (Å²) in [6, 6.07) is 6.72. The van der Waals surface area contributed by atoms with Crippen molar-refractivity contribution in [3.05, 3.63) is 58.8 Å². The fraction of sp³-hybridized carbons (Fsp3) is 0.316. The molecule has 0 saturated carbocycles. The topological polar surface area (TPSA) is 71.1 Å². The Morgan fingerprint density at radius 3 is 2.52 bits per heavy atom. The highest BCUT2D eigenvalue weighted by Gasteiger charge is 2.32. The van der Waals surface area contributed by atoms with Crippen LogP contribution in [0.15, 0.2) is 36.5 Å². The van der Waals surface area contributed by atoms with Crippen molar-refractivity contribution in [3.8, 4) is 0 Å². The van der Waals surface area contributed by atoms with Crippen molar-refractivity contribution in [2.24, 2.45) is 5.92 Å². The second-order valence-electron chi connectivity index (χ2n) is 6.34. The zero-order valence-electron chi connectivity index (χ0n) is 15.1. The third-order valence-electron chi connectivity index (χ3n) is 3.99. The SMILES string of the molecule is Cc1c(CNC(=O)c2ccnc(NC(=O)C(C)C)c2)cccc1C(F)(F)F. The van der Waals surface area contributed by atoms with Crippen molar-refractivity contribution < 1.29 is 22.8 Å². The molecule has 1 aromatic carbocycles. The molecule has 8 heteroatoms. The van der Waals surface area contributed by atoms with E-state index in [-0.39, 0.29) is 35.3 Å². The van der Waals surface area contributed by atoms with E-state index in [1.54, 1.807) is 13.8 Å². The van der Waals surface area contributed by atoms with Gasteiger partial charge in [0.05, 0.1) is 5.56 Å². The summed E-state index contributed by atoms with van der Waals surface area (Å²) in [5.41, 5.74) is -0.0315. The van der Waals surface area contributed by atoms with Crippen LogP contribution in [0.3, 0.4) is 0 Å². The molecule has 144 valence electrons. The van der Waals surface area contributed by atoms with Crippen LogP contribution in [0, 0.1) is 12.8 Å². The van der Waals surface area contributed by atoms with Gasteiger partial charge >= 0.3 is 6.18 Å². The number of nitrogens with zero attached hydrogens (tertiary/aromatic N) is 1. The number of nitrogens with one attached hydrogen (secondary N) is 2. The molecule has 0 atom stereocenters. The predicted octanol–water partition coefficient (Wildman–Crippen LogP) is 3.93. The summed E-state index contributed by atoms with van der Waals surface area (Å²) in [5, 5.41) is 5.18. The number of halogens is 3. The molecule has 0 aliphatic rings. The minimum absolute atomic E-state index is 0.0510. The smallest absolute Gasteiger partial charge is 0.348 e. The van der Waals surface area contributed by atoms with E-state index < -0.39 is 17.6 Å². The number of alkyl halides is 3. The van der Waals surface area contributed by atoms with E-state index in [1.807, 2.05) is 0 Å². The number of hydrogen-bond acceptors (Lipinski definition) is 3. The molecule has 0 bridgehead atoms. The quantitative estimate of drug-likeness (QED) is 0.827. The van der Waals surface area contributed by atoms with Gasteiger partial charge in [-0.1, -0.05) is 26.0 Å². The maximum Gasteiger partial charge on any atom is 0.416 e. The minimum atomic E-state index is -4.45. The second kappa shape index (κ2) is 8.20. The highest BCUT2D eigenvalue weighted by atomic mass is 19.4. The first-order valence-corrected chi connectivity index (χ1v) is 8.30. The molecule has 2 amide bonds. The lowest BCUT2D eigenvalue weighted by Gasteiger charge is -2.14. The van der Waals surface area contributed by atoms with Crippen molar-refractivity contribution in [3.63, 3.8) is 0 Å². The third-order valence-corrected chi connectivity index (χ3v) is 3.99. The van der Waals surface area contributed by atoms with Crippen molar-refractivity contribution in [2.45, 2.75) is 33.5 Å². The molecule has 2 N–H and O–H groups in total. The lowest BCUT2D eigenvalue weighted by atomic mass is 10.0. The third kappa shape index (κ3) is 5.29. The van der Waals surface area contributed by atoms with Gasteiger partial charge in [0.1, 0.15) is 5.82 Å². The van der Waals surface area contributed by atoms with Gasteiger partial charge in [-0.15, -0.1) is 0 Å². The molecule has 1 aromatic heterocycles. The largest absolute Gasteiger partial charge is 0.416 e. The number of hydrogen-bond donors (Lipinski definition) is 2. The predicted molar refractivity (Wildman–Crippen MR) is 95.1 cm³/mol. The number of carbonyl (C=O) groups excluding carboxylic acids is 2. The summed E-state index contributed by atoms with van der Waals surface area (Å²) in [4.78, 5) is 28.0. The fourth-order valence-electron chi connectivity index (χ4n) is 2.37. The molecule has 0 fully saturated rings. The molecule has 0 radical (unpaired) electrons. The van der Waals surface area contributed by atoms with Gasteiger partial charge in [-0.25, -0.2) is 4.98 Å². The fourth-order valence-corrected chi connectivity index (χ4v) is 2.37. The highest BCUT2D eigenvalue weighted by molar-refractivity contribution is 5.96. The molecule has 2 aromatic rings. The van der Waals surface area contributed by atoms with Crippen LogP contribution in [0.4, 0.5) is 19.0 Å². The zero-order valence-corrected chi connectivity index (χ0v) is 15.1. The van der Waals surface area contributed by atoms with Crippen LogP contribution in [0.5, 0.6) is 0 Å². The lowest BCUT2D eigenvalue weighted by molar-refractivity contribution is -0.138. The first kappa shape index (κ1) is 20.4. The summed E-state index contributed by atoms with van der Waals surface area (Å²) in [5.74, 6) is -0.723. The Morgan fingerprint density at radius 1 is 1.19 bits per heavy atom. The number of carbonyl (C=O) groups is 2. The van der Waals surface area contributed by atoms with Crippen LogP contribution >= 0.6 is 0 Å². The molecule has 27 heavy (non-hydrogen) atoms. The average Bonchev–Trinajstić information content (AvgIpc) is 2.59. The van der Waals surface area contributed by atoms with E-state index in [4.69, 9.17) is 0 Å². The van der Waals surface area contributed by atoms with Crippen molar-refractivity contribution in [1.29, 1.82) is 0 Å². The Balaban J connectivity index is 2.10. The first-order valence-electron chi connectivity index (χ1n) is 8.30. The van der Waals surface area contributed by atoms with Gasteiger partial charge in [0, 0.05) is 24.2 Å². The van der Waals surface area contributed by atoms with Crippen LogP contribution in [-0.4, -0.2) is 16.8 Å². The Labute approximate surface area is 155 Å². The van der Waals surface area contributed by atoms with Crippen molar-refractivity contribution >= 4 is 17.6 Å². The maximum atomic E-state index is 13.0. The normalized spacial score (nSPS) is 11.4. The average molecular weight is 379 g/mol. The summed E-state index contributed by atoms with van der Waals surface area (Å²) in [6.07, 6.45) is -3.07. The molecule has 0 aliphatic carbocycles. The van der Waals surface area contributed by atoms with Crippen LogP contribution in [-0.2, 0) is 17.5 Å². The second-order valence-corrected chi connectivity index (χ2v) is 6.34. The Morgan fingerprint density at radius 2 is 1.89 bits per heavy atom. The lowest BCUT2D eigenvalue weighted by Crippen LogP contribution is -2.24. The molecule has 5 nitrogen and oxygen atoms in total. The highest BCUT2D eigenvalue weighted by Crippen LogP contribution is 2.32. The number of rotatable bonds is 5. The maximum absolute atomic E-state index is 13.0. The van der Waals surface area contributed by atoms with E-state index in [1.165, 1.54) is 37.4 Å². The molecule has 0 unspecified atom stereocenters. The van der Waals surface area contributed by atoms with Crippen molar-refractivity contribution in [1.82, 2.24) is 10.3 Å². The molecule has 0 saturated heterocycles. The number of pyridine rings is 1. The number of aromatic nitrogens is 1. The van der Waals surface area contributed by atoms with Gasteiger partial charge in [-0.3, -0.25) is 9.59 Å². The number of anilines is 1. The summed E-state index contributed by atoms with van der Waals surface area (Å²) in [6.45, 7) is 4.77. The standard InChI is InChI=1S/C19H20F3N3O2/c1-11(2)17(26)25-16-9-13(7-8-23-16)18(27)24-10-14-5-4-6-15(12(14)3)19(20,21)22/h4-9,11H,10H2,1-3H3,(H,24,27)(H,23,25,26). The first-order chi connectivity index (χ1) is 12.6. The monoisotopic (exact) mass is 379 g/mol. The number of amides is 2. The summed E-state index contributed by atoms with van der Waals surface area (Å²) in [7, 11) is 0. The van der Waals surface area contributed by atoms with Gasteiger partial charge in [0.25, 0.3) is 5.91 Å². The van der Waals surface area contributed by atoms with Crippen LogP contribution in [0.2, 0.25) is 0 Å². The Bertz CT molecular complexity index is 848. The minimum Gasteiger partial charge on any atom is -0.348 e. The van der Waals surface area contributed by atoms with Crippen molar-refractivity contribution in [2.75, 3.05) is 5.32 Å². The van der Waals surface area contributed by atoms with E-state index >= 15 is 0 Å². The zero-order chi connectivity index (χ0) is 20.2. The Hall–Kier alpha value is -2.90. The van der Waals surface area contributed by atoms with Gasteiger partial charge in [0.15, 0.2) is 0 Å².